The van der Waals surface area contributed by atoms with E-state index >= 15 is 0 Å². The van der Waals surface area contributed by atoms with E-state index in [1.165, 1.54) is 6.20 Å². The van der Waals surface area contributed by atoms with Crippen molar-refractivity contribution in [2.45, 2.75) is 6.92 Å². The Hall–Kier alpha value is -3.43. The van der Waals surface area contributed by atoms with Crippen LogP contribution in [0.15, 0.2) is 48.8 Å². The molecule has 0 bridgehead atoms. The van der Waals surface area contributed by atoms with Gasteiger partial charge in [-0.05, 0) is 13.0 Å². The molecule has 0 spiro atoms. The normalized spacial score (nSPS) is 19.8. The van der Waals surface area contributed by atoms with Crippen LogP contribution < -0.4 is 20.1 Å². The largest absolute Gasteiger partial charge is 0.471 e. The van der Waals surface area contributed by atoms with Crippen LogP contribution in [0.5, 0.6) is 5.75 Å². The van der Waals surface area contributed by atoms with E-state index in [0.717, 1.165) is 11.3 Å². The van der Waals surface area contributed by atoms with E-state index in [1.54, 1.807) is 23.2 Å². The number of benzene rings is 1. The third kappa shape index (κ3) is 3.85. The SMILES string of the molecule is CCNC(=O)Nc1cc(O[N+]2(C(=O)N3CCOCC3)C=Cc3ccccc32)ccn1. The Morgan fingerprint density at radius 3 is 2.83 bits per heavy atom. The molecule has 4 amide bonds. The van der Waals surface area contributed by atoms with Crippen LogP contribution in [0.1, 0.15) is 12.5 Å². The van der Waals surface area contributed by atoms with E-state index in [1.807, 2.05) is 37.3 Å². The number of pyridine rings is 1. The molecule has 1 aromatic carbocycles. The Labute approximate surface area is 174 Å². The number of carbonyl (C=O) groups is 2. The number of hydrogen-bond donors (Lipinski definition) is 2. The summed E-state index contributed by atoms with van der Waals surface area (Å²) in [7, 11) is 0. The minimum Gasteiger partial charge on any atom is -0.378 e. The molecule has 2 aromatic rings. The summed E-state index contributed by atoms with van der Waals surface area (Å²) in [4.78, 5) is 37.6. The lowest BCUT2D eigenvalue weighted by Gasteiger charge is -2.33. The number of hydroxylamine groups is 2. The van der Waals surface area contributed by atoms with Crippen molar-refractivity contribution < 1.29 is 19.2 Å². The summed E-state index contributed by atoms with van der Waals surface area (Å²) in [6.07, 6.45) is 5.14. The predicted octanol–water partition coefficient (Wildman–Crippen LogP) is 2.96. The summed E-state index contributed by atoms with van der Waals surface area (Å²) in [5, 5.41) is 5.30. The molecule has 0 aliphatic carbocycles. The number of nitrogens with zero attached hydrogens (tertiary/aromatic N) is 3. The minimum absolute atomic E-state index is 0.199. The molecule has 4 rings (SSSR count). The zero-order valence-electron chi connectivity index (χ0n) is 16.7. The second-order valence-electron chi connectivity index (χ2n) is 6.87. The van der Waals surface area contributed by atoms with Gasteiger partial charge in [-0.3, -0.25) is 15.1 Å². The number of nitrogens with one attached hydrogen (secondary N) is 2. The molecule has 1 fully saturated rings. The number of urea groups is 2. The Morgan fingerprint density at radius 2 is 2.03 bits per heavy atom. The maximum Gasteiger partial charge on any atom is 0.471 e. The average Bonchev–Trinajstić information content (AvgIpc) is 3.14. The zero-order valence-corrected chi connectivity index (χ0v) is 16.7. The van der Waals surface area contributed by atoms with Crippen molar-refractivity contribution in [3.05, 3.63) is 54.4 Å². The third-order valence-corrected chi connectivity index (χ3v) is 4.88. The highest BCUT2D eigenvalue weighted by Crippen LogP contribution is 2.38. The molecule has 2 aliphatic heterocycles. The van der Waals surface area contributed by atoms with Crippen molar-refractivity contribution in [1.82, 2.24) is 19.8 Å². The standard InChI is InChI=1S/C21H23N5O4/c1-2-22-20(27)24-19-15-17(7-9-23-19)30-26(21(28)25-10-13-29-14-11-25)12-8-16-5-3-4-6-18(16)26/h3-9,12,15H,2,10-11,13-14H2,1H3,(H-,22,23,24,27)/p+1. The fourth-order valence-electron chi connectivity index (χ4n) is 3.47. The predicted molar refractivity (Wildman–Crippen MR) is 113 cm³/mol. The molecular weight excluding hydrogens is 386 g/mol. The summed E-state index contributed by atoms with van der Waals surface area (Å²) in [5.41, 5.74) is 1.64. The van der Waals surface area contributed by atoms with Gasteiger partial charge in [0.1, 0.15) is 5.82 Å². The van der Waals surface area contributed by atoms with Gasteiger partial charge in [0.2, 0.25) is 0 Å². The molecule has 30 heavy (non-hydrogen) atoms. The fourth-order valence-corrected chi connectivity index (χ4v) is 3.47. The highest BCUT2D eigenvalue weighted by molar-refractivity contribution is 5.94. The number of quaternary nitrogens is 1. The van der Waals surface area contributed by atoms with Crippen molar-refractivity contribution >= 4 is 29.6 Å². The summed E-state index contributed by atoms with van der Waals surface area (Å²) >= 11 is 0. The van der Waals surface area contributed by atoms with Crippen LogP contribution in [-0.2, 0) is 4.74 Å². The number of ether oxygens (including phenoxy) is 1. The quantitative estimate of drug-likeness (QED) is 0.756. The maximum atomic E-state index is 13.6. The van der Waals surface area contributed by atoms with Gasteiger partial charge >= 0.3 is 12.1 Å². The lowest BCUT2D eigenvalue weighted by atomic mass is 10.2. The highest BCUT2D eigenvalue weighted by atomic mass is 16.7. The Morgan fingerprint density at radius 1 is 1.23 bits per heavy atom. The summed E-state index contributed by atoms with van der Waals surface area (Å²) in [6, 6.07) is 10.3. The van der Waals surface area contributed by atoms with Crippen LogP contribution in [-0.4, -0.2) is 54.8 Å². The van der Waals surface area contributed by atoms with Gasteiger partial charge < -0.3 is 10.1 Å². The number of morpholine rings is 1. The monoisotopic (exact) mass is 410 g/mol. The van der Waals surface area contributed by atoms with E-state index in [2.05, 4.69) is 15.6 Å². The van der Waals surface area contributed by atoms with E-state index < -0.39 is 4.65 Å². The van der Waals surface area contributed by atoms with Crippen LogP contribution in [0.2, 0.25) is 0 Å². The van der Waals surface area contributed by atoms with E-state index in [9.17, 15) is 9.59 Å². The number of para-hydroxylation sites is 1. The first kappa shape index (κ1) is 19.9. The first-order valence-electron chi connectivity index (χ1n) is 9.87. The first-order chi connectivity index (χ1) is 14.6. The molecule has 2 aliphatic rings. The van der Waals surface area contributed by atoms with Crippen LogP contribution in [0.4, 0.5) is 21.1 Å². The van der Waals surface area contributed by atoms with Gasteiger partial charge in [-0.25, -0.2) is 14.6 Å². The van der Waals surface area contributed by atoms with Crippen LogP contribution >= 0.6 is 0 Å². The van der Waals surface area contributed by atoms with Crippen LogP contribution in [0.3, 0.4) is 0 Å². The summed E-state index contributed by atoms with van der Waals surface area (Å²) in [5.74, 6) is 0.728. The lowest BCUT2D eigenvalue weighted by Crippen LogP contribution is -2.59. The van der Waals surface area contributed by atoms with Gasteiger partial charge in [0.15, 0.2) is 17.6 Å². The molecule has 9 nitrogen and oxygen atoms in total. The topological polar surface area (TPSA) is 92.8 Å². The number of hydrogen-bond acceptors (Lipinski definition) is 5. The zero-order chi connectivity index (χ0) is 21.0. The van der Waals surface area contributed by atoms with Gasteiger partial charge in [-0.15, -0.1) is 0 Å². The molecule has 1 aromatic heterocycles. The minimum atomic E-state index is -0.430. The number of aromatic nitrogens is 1. The van der Waals surface area contributed by atoms with Gasteiger partial charge in [-0.2, -0.15) is 0 Å². The third-order valence-electron chi connectivity index (χ3n) is 4.88. The Balaban J connectivity index is 1.66. The number of carbonyl (C=O) groups excluding carboxylic acids is 2. The van der Waals surface area contributed by atoms with Crippen molar-refractivity contribution in [2.75, 3.05) is 38.2 Å². The van der Waals surface area contributed by atoms with Crippen molar-refractivity contribution in [1.29, 1.82) is 0 Å². The second-order valence-corrected chi connectivity index (χ2v) is 6.87. The van der Waals surface area contributed by atoms with Gasteiger partial charge in [0, 0.05) is 60.3 Å². The Bertz CT molecular complexity index is 973. The molecule has 1 unspecified atom stereocenters. The molecule has 2 N–H and O–H groups in total. The number of fused-ring (bicyclic) bond motifs is 1. The number of anilines is 1. The second kappa shape index (κ2) is 8.52. The molecule has 156 valence electrons. The van der Waals surface area contributed by atoms with Crippen LogP contribution in [0, 0.1) is 0 Å². The van der Waals surface area contributed by atoms with Crippen LogP contribution in [0.25, 0.3) is 6.08 Å². The Kier molecular flexibility index (Phi) is 5.64. The molecule has 1 atom stereocenters. The lowest BCUT2D eigenvalue weighted by molar-refractivity contribution is -0.00295. The summed E-state index contributed by atoms with van der Waals surface area (Å²) < 4.78 is 4.96. The van der Waals surface area contributed by atoms with Gasteiger partial charge in [-0.1, -0.05) is 12.1 Å². The highest BCUT2D eigenvalue weighted by Gasteiger charge is 2.49. The smallest absolute Gasteiger partial charge is 0.378 e. The molecule has 0 saturated carbocycles. The summed E-state index contributed by atoms with van der Waals surface area (Å²) in [6.45, 7) is 4.31. The fraction of sp³-hybridized carbons (Fsp3) is 0.286. The average molecular weight is 410 g/mol. The molecular formula is C21H24N5O4+. The van der Waals surface area contributed by atoms with E-state index in [0.29, 0.717) is 44.4 Å². The maximum absolute atomic E-state index is 13.6. The first-order valence-corrected chi connectivity index (χ1v) is 9.87. The van der Waals surface area contributed by atoms with Gasteiger partial charge in [0.25, 0.3) is 0 Å². The molecule has 0 radical (unpaired) electrons. The van der Waals surface area contributed by atoms with Crippen molar-refractivity contribution in [2.24, 2.45) is 0 Å². The number of rotatable bonds is 4. The molecule has 9 heteroatoms. The van der Waals surface area contributed by atoms with Crippen molar-refractivity contribution in [3.8, 4) is 5.75 Å². The molecule has 3 heterocycles. The molecule has 1 saturated heterocycles. The van der Waals surface area contributed by atoms with Crippen molar-refractivity contribution in [3.63, 3.8) is 0 Å². The van der Waals surface area contributed by atoms with Gasteiger partial charge in [0.05, 0.1) is 13.2 Å². The number of amides is 4. The van der Waals surface area contributed by atoms with E-state index in [4.69, 9.17) is 9.57 Å². The van der Waals surface area contributed by atoms with E-state index in [-0.39, 0.29) is 12.1 Å².